The van der Waals surface area contributed by atoms with Gasteiger partial charge < -0.3 is 4.90 Å². The summed E-state index contributed by atoms with van der Waals surface area (Å²) in [5.41, 5.74) is 0.474. The zero-order chi connectivity index (χ0) is 10.6. The molecule has 74 valence electrons. The van der Waals surface area contributed by atoms with Gasteiger partial charge in [0.05, 0.1) is 0 Å². The predicted octanol–water partition coefficient (Wildman–Crippen LogP) is 2.19. The standard InChI is InChI=1S/C11H15N3/c1-4-14(9(2)3)11-7-5-6-10(8-12)13-11/h5-7,9H,4H2,1-3H3. The zero-order valence-corrected chi connectivity index (χ0v) is 8.86. The van der Waals surface area contributed by atoms with Gasteiger partial charge in [0.2, 0.25) is 0 Å². The molecule has 1 heterocycles. The Morgan fingerprint density at radius 3 is 2.71 bits per heavy atom. The van der Waals surface area contributed by atoms with Crippen molar-refractivity contribution < 1.29 is 0 Å². The highest BCUT2D eigenvalue weighted by molar-refractivity contribution is 5.42. The van der Waals surface area contributed by atoms with Crippen molar-refractivity contribution in [3.05, 3.63) is 23.9 Å². The lowest BCUT2D eigenvalue weighted by Crippen LogP contribution is -2.31. The molecule has 3 nitrogen and oxygen atoms in total. The maximum absolute atomic E-state index is 8.72. The van der Waals surface area contributed by atoms with Crippen molar-refractivity contribution in [3.63, 3.8) is 0 Å². The number of nitrogens with zero attached hydrogens (tertiary/aromatic N) is 3. The molecule has 0 unspecified atom stereocenters. The molecule has 14 heavy (non-hydrogen) atoms. The van der Waals surface area contributed by atoms with E-state index in [0.29, 0.717) is 11.7 Å². The van der Waals surface area contributed by atoms with Gasteiger partial charge in [-0.3, -0.25) is 0 Å². The van der Waals surface area contributed by atoms with Crippen LogP contribution in [0.1, 0.15) is 26.5 Å². The fraction of sp³-hybridized carbons (Fsp3) is 0.455. The molecule has 0 bridgehead atoms. The smallest absolute Gasteiger partial charge is 0.142 e. The molecule has 0 aliphatic carbocycles. The molecule has 0 aliphatic rings. The number of hydrogen-bond acceptors (Lipinski definition) is 3. The van der Waals surface area contributed by atoms with Crippen LogP contribution in [-0.2, 0) is 0 Å². The zero-order valence-electron chi connectivity index (χ0n) is 8.86. The highest BCUT2D eigenvalue weighted by Gasteiger charge is 2.09. The summed E-state index contributed by atoms with van der Waals surface area (Å²) in [6.07, 6.45) is 0. The summed E-state index contributed by atoms with van der Waals surface area (Å²) >= 11 is 0. The third-order valence-corrected chi connectivity index (χ3v) is 2.11. The van der Waals surface area contributed by atoms with Gasteiger partial charge >= 0.3 is 0 Å². The number of rotatable bonds is 3. The van der Waals surface area contributed by atoms with E-state index in [1.54, 1.807) is 6.07 Å². The summed E-state index contributed by atoms with van der Waals surface area (Å²) in [5, 5.41) is 8.72. The number of hydrogen-bond donors (Lipinski definition) is 0. The van der Waals surface area contributed by atoms with Crippen LogP contribution in [0.5, 0.6) is 0 Å². The number of aromatic nitrogens is 1. The van der Waals surface area contributed by atoms with Crippen LogP contribution in [0.2, 0.25) is 0 Å². The van der Waals surface area contributed by atoms with Crippen molar-refractivity contribution in [3.8, 4) is 6.07 Å². The Balaban J connectivity index is 2.99. The normalized spacial score (nSPS) is 9.93. The molecule has 0 aromatic carbocycles. The van der Waals surface area contributed by atoms with Crippen molar-refractivity contribution in [1.82, 2.24) is 4.98 Å². The maximum atomic E-state index is 8.72. The highest BCUT2D eigenvalue weighted by atomic mass is 15.2. The van der Waals surface area contributed by atoms with Crippen LogP contribution in [0.3, 0.4) is 0 Å². The molecule has 1 rings (SSSR count). The first-order valence-electron chi connectivity index (χ1n) is 4.82. The Bertz CT molecular complexity index is 339. The monoisotopic (exact) mass is 189 g/mol. The van der Waals surface area contributed by atoms with Gasteiger partial charge in [0.15, 0.2) is 0 Å². The molecule has 1 aromatic heterocycles. The summed E-state index contributed by atoms with van der Waals surface area (Å²) in [4.78, 5) is 6.40. The van der Waals surface area contributed by atoms with E-state index in [-0.39, 0.29) is 0 Å². The molecule has 0 amide bonds. The Kier molecular flexibility index (Phi) is 3.47. The van der Waals surface area contributed by atoms with Gasteiger partial charge in [0.25, 0.3) is 0 Å². The van der Waals surface area contributed by atoms with Crippen LogP contribution in [-0.4, -0.2) is 17.6 Å². The molecule has 0 N–H and O–H groups in total. The van der Waals surface area contributed by atoms with Crippen LogP contribution in [0.25, 0.3) is 0 Å². The Labute approximate surface area is 85.0 Å². The van der Waals surface area contributed by atoms with E-state index in [1.165, 1.54) is 0 Å². The van der Waals surface area contributed by atoms with E-state index in [1.807, 2.05) is 18.2 Å². The predicted molar refractivity (Wildman–Crippen MR) is 57.1 cm³/mol. The topological polar surface area (TPSA) is 39.9 Å². The maximum Gasteiger partial charge on any atom is 0.142 e. The van der Waals surface area contributed by atoms with Crippen LogP contribution in [0.4, 0.5) is 5.82 Å². The fourth-order valence-corrected chi connectivity index (χ4v) is 1.44. The molecule has 0 saturated carbocycles. The highest BCUT2D eigenvalue weighted by Crippen LogP contribution is 2.13. The minimum Gasteiger partial charge on any atom is -0.354 e. The van der Waals surface area contributed by atoms with E-state index in [0.717, 1.165) is 12.4 Å². The first-order valence-corrected chi connectivity index (χ1v) is 4.82. The van der Waals surface area contributed by atoms with Crippen LogP contribution in [0.15, 0.2) is 18.2 Å². The first-order chi connectivity index (χ1) is 6.69. The average Bonchev–Trinajstić information content (AvgIpc) is 2.19. The van der Waals surface area contributed by atoms with Gasteiger partial charge in [0.1, 0.15) is 17.6 Å². The Hall–Kier alpha value is -1.56. The molecule has 1 aromatic rings. The first kappa shape index (κ1) is 10.5. The van der Waals surface area contributed by atoms with Crippen molar-refractivity contribution >= 4 is 5.82 Å². The van der Waals surface area contributed by atoms with Crippen LogP contribution in [0, 0.1) is 11.3 Å². The average molecular weight is 189 g/mol. The summed E-state index contributed by atoms with van der Waals surface area (Å²) in [6, 6.07) is 7.97. The molecule has 0 aliphatic heterocycles. The van der Waals surface area contributed by atoms with Gasteiger partial charge in [-0.25, -0.2) is 4.98 Å². The lowest BCUT2D eigenvalue weighted by molar-refractivity contribution is 0.693. The molecule has 0 fully saturated rings. The SMILES string of the molecule is CCN(c1cccc(C#N)n1)C(C)C. The Morgan fingerprint density at radius 2 is 2.21 bits per heavy atom. The largest absolute Gasteiger partial charge is 0.354 e. The van der Waals surface area contributed by atoms with Gasteiger partial charge in [-0.1, -0.05) is 6.07 Å². The minimum absolute atomic E-state index is 0.404. The summed E-state index contributed by atoms with van der Waals surface area (Å²) < 4.78 is 0. The molecule has 0 atom stereocenters. The third kappa shape index (κ3) is 2.23. The van der Waals surface area contributed by atoms with Crippen molar-refractivity contribution in [2.45, 2.75) is 26.8 Å². The second-order valence-corrected chi connectivity index (χ2v) is 3.37. The van der Waals surface area contributed by atoms with Gasteiger partial charge in [0, 0.05) is 12.6 Å². The second kappa shape index (κ2) is 4.61. The van der Waals surface area contributed by atoms with Crippen LogP contribution >= 0.6 is 0 Å². The summed E-state index contributed by atoms with van der Waals surface area (Å²) in [7, 11) is 0. The molecule has 0 spiro atoms. The summed E-state index contributed by atoms with van der Waals surface area (Å²) in [6.45, 7) is 7.22. The molecular weight excluding hydrogens is 174 g/mol. The lowest BCUT2D eigenvalue weighted by atomic mass is 10.3. The van der Waals surface area contributed by atoms with E-state index in [2.05, 4.69) is 30.7 Å². The second-order valence-electron chi connectivity index (χ2n) is 3.37. The Morgan fingerprint density at radius 1 is 1.50 bits per heavy atom. The van der Waals surface area contributed by atoms with Crippen molar-refractivity contribution in [2.75, 3.05) is 11.4 Å². The molecule has 0 radical (unpaired) electrons. The van der Waals surface area contributed by atoms with Crippen molar-refractivity contribution in [1.29, 1.82) is 5.26 Å². The molecular formula is C11H15N3. The van der Waals surface area contributed by atoms with Gasteiger partial charge in [-0.05, 0) is 32.9 Å². The van der Waals surface area contributed by atoms with E-state index in [9.17, 15) is 0 Å². The van der Waals surface area contributed by atoms with E-state index >= 15 is 0 Å². The van der Waals surface area contributed by atoms with Gasteiger partial charge in [-0.15, -0.1) is 0 Å². The summed E-state index contributed by atoms with van der Waals surface area (Å²) in [5.74, 6) is 0.876. The van der Waals surface area contributed by atoms with Crippen molar-refractivity contribution in [2.24, 2.45) is 0 Å². The number of anilines is 1. The number of pyridine rings is 1. The quantitative estimate of drug-likeness (QED) is 0.731. The fourth-order valence-electron chi connectivity index (χ4n) is 1.44. The van der Waals surface area contributed by atoms with E-state index < -0.39 is 0 Å². The molecule has 3 heteroatoms. The lowest BCUT2D eigenvalue weighted by Gasteiger charge is -2.26. The third-order valence-electron chi connectivity index (χ3n) is 2.11. The minimum atomic E-state index is 0.404. The molecule has 0 saturated heterocycles. The van der Waals surface area contributed by atoms with Gasteiger partial charge in [-0.2, -0.15) is 5.26 Å². The van der Waals surface area contributed by atoms with E-state index in [4.69, 9.17) is 5.26 Å². The number of nitriles is 1. The van der Waals surface area contributed by atoms with Crippen LogP contribution < -0.4 is 4.90 Å².